The Hall–Kier alpha value is -1.77. The first-order valence-electron chi connectivity index (χ1n) is 7.21. The largest absolute Gasteiger partial charge is 0.497 e. The first-order chi connectivity index (χ1) is 9.78. The summed E-state index contributed by atoms with van der Waals surface area (Å²) in [6.45, 7) is 0.561. The highest BCUT2D eigenvalue weighted by molar-refractivity contribution is 5.69. The Labute approximate surface area is 120 Å². The fourth-order valence-electron chi connectivity index (χ4n) is 2.33. The summed E-state index contributed by atoms with van der Waals surface area (Å²) in [6.07, 6.45) is 8.80. The second-order valence-corrected chi connectivity index (χ2v) is 5.18. The van der Waals surface area contributed by atoms with Crippen LogP contribution in [-0.2, 0) is 16.0 Å². The van der Waals surface area contributed by atoms with Gasteiger partial charge in [-0.15, -0.1) is 0 Å². The molecule has 1 aromatic carbocycles. The van der Waals surface area contributed by atoms with E-state index in [1.165, 1.54) is 0 Å². The number of hydrogen-bond donors (Lipinski definition) is 0. The molecule has 0 saturated heterocycles. The van der Waals surface area contributed by atoms with E-state index in [-0.39, 0.29) is 5.97 Å². The van der Waals surface area contributed by atoms with Crippen molar-refractivity contribution >= 4 is 5.97 Å². The summed E-state index contributed by atoms with van der Waals surface area (Å²) in [5.41, 5.74) is 1.13. The molecule has 0 spiro atoms. The molecule has 0 aromatic heterocycles. The van der Waals surface area contributed by atoms with Crippen LogP contribution in [0.1, 0.15) is 31.2 Å². The van der Waals surface area contributed by atoms with Gasteiger partial charge in [0.25, 0.3) is 0 Å². The number of esters is 1. The Morgan fingerprint density at radius 2 is 2.05 bits per heavy atom. The van der Waals surface area contributed by atoms with E-state index in [9.17, 15) is 4.79 Å². The molecule has 0 aliphatic heterocycles. The van der Waals surface area contributed by atoms with Crippen LogP contribution < -0.4 is 4.74 Å². The van der Waals surface area contributed by atoms with Gasteiger partial charge in [-0.1, -0.05) is 24.3 Å². The SMILES string of the molecule is COc1ccc(CCC(=O)OCC2CC=CCC2)cc1. The Balaban J connectivity index is 1.67. The lowest BCUT2D eigenvalue weighted by Crippen LogP contribution is -2.15. The van der Waals surface area contributed by atoms with Crippen LogP contribution in [0.4, 0.5) is 0 Å². The van der Waals surface area contributed by atoms with Crippen molar-refractivity contribution in [1.29, 1.82) is 0 Å². The van der Waals surface area contributed by atoms with Gasteiger partial charge >= 0.3 is 5.97 Å². The molecule has 0 fully saturated rings. The summed E-state index contributed by atoms with van der Waals surface area (Å²) in [4.78, 5) is 11.7. The number of benzene rings is 1. The Morgan fingerprint density at radius 1 is 1.25 bits per heavy atom. The minimum atomic E-state index is -0.102. The van der Waals surface area contributed by atoms with Gasteiger partial charge in [-0.05, 0) is 49.3 Å². The first-order valence-corrected chi connectivity index (χ1v) is 7.21. The van der Waals surface area contributed by atoms with E-state index < -0.39 is 0 Å². The molecule has 3 heteroatoms. The number of allylic oxidation sites excluding steroid dienone is 2. The molecule has 0 bridgehead atoms. The van der Waals surface area contributed by atoms with Crippen molar-refractivity contribution in [1.82, 2.24) is 0 Å². The fourth-order valence-corrected chi connectivity index (χ4v) is 2.33. The average molecular weight is 274 g/mol. The van der Waals surface area contributed by atoms with Gasteiger partial charge in [-0.2, -0.15) is 0 Å². The molecule has 0 saturated carbocycles. The van der Waals surface area contributed by atoms with Gasteiger partial charge in [0.05, 0.1) is 13.7 Å². The van der Waals surface area contributed by atoms with Crippen molar-refractivity contribution in [2.24, 2.45) is 5.92 Å². The molecule has 2 rings (SSSR count). The van der Waals surface area contributed by atoms with Gasteiger partial charge in [0.15, 0.2) is 0 Å². The number of hydrogen-bond acceptors (Lipinski definition) is 3. The molecular weight excluding hydrogens is 252 g/mol. The Morgan fingerprint density at radius 3 is 2.70 bits per heavy atom. The maximum absolute atomic E-state index is 11.7. The first kappa shape index (κ1) is 14.6. The zero-order valence-corrected chi connectivity index (χ0v) is 12.0. The van der Waals surface area contributed by atoms with E-state index in [1.807, 2.05) is 24.3 Å². The van der Waals surface area contributed by atoms with Crippen molar-refractivity contribution in [3.05, 3.63) is 42.0 Å². The minimum Gasteiger partial charge on any atom is -0.497 e. The number of rotatable bonds is 6. The third-order valence-electron chi connectivity index (χ3n) is 3.63. The van der Waals surface area contributed by atoms with Crippen molar-refractivity contribution < 1.29 is 14.3 Å². The predicted molar refractivity (Wildman–Crippen MR) is 78.8 cm³/mol. The monoisotopic (exact) mass is 274 g/mol. The summed E-state index contributed by atoms with van der Waals surface area (Å²) in [6, 6.07) is 7.79. The van der Waals surface area contributed by atoms with Gasteiger partial charge in [-0.3, -0.25) is 4.79 Å². The Bertz CT molecular complexity index is 448. The molecule has 1 aliphatic rings. The molecule has 3 nitrogen and oxygen atoms in total. The second-order valence-electron chi connectivity index (χ2n) is 5.18. The number of aryl methyl sites for hydroxylation is 1. The van der Waals surface area contributed by atoms with E-state index >= 15 is 0 Å². The molecule has 0 radical (unpaired) electrons. The highest BCUT2D eigenvalue weighted by Gasteiger charge is 2.12. The maximum Gasteiger partial charge on any atom is 0.306 e. The van der Waals surface area contributed by atoms with Crippen LogP contribution in [0.5, 0.6) is 5.75 Å². The topological polar surface area (TPSA) is 35.5 Å². The summed E-state index contributed by atoms with van der Waals surface area (Å²) in [7, 11) is 1.65. The lowest BCUT2D eigenvalue weighted by Gasteiger charge is -2.17. The zero-order chi connectivity index (χ0) is 14.2. The zero-order valence-electron chi connectivity index (χ0n) is 12.0. The van der Waals surface area contributed by atoms with E-state index in [1.54, 1.807) is 7.11 Å². The number of carbonyl (C=O) groups excluding carboxylic acids is 1. The summed E-state index contributed by atoms with van der Waals surface area (Å²) in [5, 5.41) is 0. The van der Waals surface area contributed by atoms with Gasteiger partial charge in [0.1, 0.15) is 5.75 Å². The van der Waals surface area contributed by atoms with Crippen LogP contribution >= 0.6 is 0 Å². The molecular formula is C17H22O3. The Kier molecular flexibility index (Phi) is 5.66. The maximum atomic E-state index is 11.7. The molecule has 0 amide bonds. The molecule has 108 valence electrons. The molecule has 0 heterocycles. The smallest absolute Gasteiger partial charge is 0.306 e. The lowest BCUT2D eigenvalue weighted by atomic mass is 9.95. The van der Waals surface area contributed by atoms with E-state index in [4.69, 9.17) is 9.47 Å². The second kappa shape index (κ2) is 7.73. The van der Waals surface area contributed by atoms with Crippen LogP contribution in [0.15, 0.2) is 36.4 Å². The van der Waals surface area contributed by atoms with Gasteiger partial charge in [0.2, 0.25) is 0 Å². The molecule has 20 heavy (non-hydrogen) atoms. The average Bonchev–Trinajstić information content (AvgIpc) is 2.52. The summed E-state index contributed by atoms with van der Waals surface area (Å²) >= 11 is 0. The van der Waals surface area contributed by atoms with Gasteiger partial charge < -0.3 is 9.47 Å². The summed E-state index contributed by atoms with van der Waals surface area (Å²) < 4.78 is 10.5. The molecule has 1 aliphatic carbocycles. The third kappa shape index (κ3) is 4.72. The van der Waals surface area contributed by atoms with Crippen molar-refractivity contribution in [2.45, 2.75) is 32.1 Å². The normalized spacial score (nSPS) is 17.8. The summed E-state index contributed by atoms with van der Waals surface area (Å²) in [5.74, 6) is 1.24. The number of carbonyl (C=O) groups is 1. The van der Waals surface area contributed by atoms with Crippen molar-refractivity contribution in [2.75, 3.05) is 13.7 Å². The van der Waals surface area contributed by atoms with E-state index in [0.717, 1.165) is 30.6 Å². The predicted octanol–water partition coefficient (Wildman–Crippen LogP) is 3.53. The highest BCUT2D eigenvalue weighted by Crippen LogP contribution is 2.18. The van der Waals surface area contributed by atoms with Crippen LogP contribution in [0, 0.1) is 5.92 Å². The van der Waals surface area contributed by atoms with E-state index in [0.29, 0.717) is 25.4 Å². The lowest BCUT2D eigenvalue weighted by molar-refractivity contribution is -0.145. The van der Waals surface area contributed by atoms with Crippen LogP contribution in [0.25, 0.3) is 0 Å². The number of ether oxygens (including phenoxy) is 2. The van der Waals surface area contributed by atoms with Crippen LogP contribution in [0.2, 0.25) is 0 Å². The molecule has 1 aromatic rings. The molecule has 0 N–H and O–H groups in total. The van der Waals surface area contributed by atoms with E-state index in [2.05, 4.69) is 12.2 Å². The van der Waals surface area contributed by atoms with Crippen LogP contribution in [-0.4, -0.2) is 19.7 Å². The van der Waals surface area contributed by atoms with Gasteiger partial charge in [-0.25, -0.2) is 0 Å². The van der Waals surface area contributed by atoms with Crippen molar-refractivity contribution in [3.63, 3.8) is 0 Å². The van der Waals surface area contributed by atoms with Gasteiger partial charge in [0, 0.05) is 6.42 Å². The van der Waals surface area contributed by atoms with Crippen LogP contribution in [0.3, 0.4) is 0 Å². The fraction of sp³-hybridized carbons (Fsp3) is 0.471. The standard InChI is InChI=1S/C17H22O3/c1-19-16-10-7-14(8-11-16)9-12-17(18)20-13-15-5-3-2-4-6-15/h2-3,7-8,10-11,15H,4-6,9,12-13H2,1H3. The number of methoxy groups -OCH3 is 1. The quantitative estimate of drug-likeness (QED) is 0.588. The molecule has 1 atom stereocenters. The highest BCUT2D eigenvalue weighted by atomic mass is 16.5. The van der Waals surface area contributed by atoms with Crippen molar-refractivity contribution in [3.8, 4) is 5.75 Å². The molecule has 1 unspecified atom stereocenters. The minimum absolute atomic E-state index is 0.102. The third-order valence-corrected chi connectivity index (χ3v) is 3.63.